The van der Waals surface area contributed by atoms with Crippen LogP contribution < -0.4 is 5.73 Å². The molecule has 4 nitrogen and oxygen atoms in total. The summed E-state index contributed by atoms with van der Waals surface area (Å²) in [6.07, 6.45) is 0.887. The molecule has 0 aliphatic carbocycles. The molecule has 0 bridgehead atoms. The highest BCUT2D eigenvalue weighted by atomic mass is 32.2. The van der Waals surface area contributed by atoms with E-state index in [0.29, 0.717) is 29.8 Å². The van der Waals surface area contributed by atoms with Crippen LogP contribution in [0.25, 0.3) is 0 Å². The van der Waals surface area contributed by atoms with Gasteiger partial charge in [-0.2, -0.15) is 4.31 Å². The van der Waals surface area contributed by atoms with Crippen LogP contribution in [-0.2, 0) is 10.0 Å². The Morgan fingerprint density at radius 2 is 1.80 bits per heavy atom. The Balaban J connectivity index is 2.25. The van der Waals surface area contributed by atoms with Gasteiger partial charge in [-0.3, -0.25) is 0 Å². The van der Waals surface area contributed by atoms with E-state index in [1.165, 1.54) is 4.31 Å². The number of benzene rings is 1. The highest BCUT2D eigenvalue weighted by Gasteiger charge is 2.31. The number of piperidine rings is 1. The quantitative estimate of drug-likeness (QED) is 0.929. The largest absolute Gasteiger partial charge is 0.326 e. The van der Waals surface area contributed by atoms with Gasteiger partial charge in [0.05, 0.1) is 4.90 Å². The molecule has 1 aromatic rings. The molecule has 2 unspecified atom stereocenters. The molecule has 2 atom stereocenters. The van der Waals surface area contributed by atoms with Gasteiger partial charge in [-0.25, -0.2) is 8.42 Å². The molecule has 112 valence electrons. The van der Waals surface area contributed by atoms with Gasteiger partial charge in [-0.1, -0.05) is 32.9 Å². The van der Waals surface area contributed by atoms with Crippen molar-refractivity contribution >= 4 is 10.0 Å². The third-order valence-electron chi connectivity index (χ3n) is 3.84. The summed E-state index contributed by atoms with van der Waals surface area (Å²) in [6.45, 7) is 7.20. The Bertz CT molecular complexity index is 542. The van der Waals surface area contributed by atoms with Crippen molar-refractivity contribution in [3.8, 4) is 0 Å². The Morgan fingerprint density at radius 3 is 2.30 bits per heavy atom. The fraction of sp³-hybridized carbons (Fsp3) is 0.600. The molecule has 1 saturated heterocycles. The molecule has 1 heterocycles. The number of rotatable bonds is 3. The van der Waals surface area contributed by atoms with Crippen molar-refractivity contribution in [2.24, 2.45) is 11.7 Å². The minimum atomic E-state index is -3.42. The lowest BCUT2D eigenvalue weighted by molar-refractivity contribution is 0.254. The first-order valence-corrected chi connectivity index (χ1v) is 8.60. The van der Waals surface area contributed by atoms with Gasteiger partial charge in [0.25, 0.3) is 0 Å². The van der Waals surface area contributed by atoms with Crippen LogP contribution in [-0.4, -0.2) is 31.9 Å². The number of sulfonamides is 1. The number of hydrogen-bond acceptors (Lipinski definition) is 3. The second-order valence-corrected chi connectivity index (χ2v) is 8.08. The maximum Gasteiger partial charge on any atom is 0.243 e. The average molecular weight is 296 g/mol. The van der Waals surface area contributed by atoms with E-state index >= 15 is 0 Å². The fourth-order valence-corrected chi connectivity index (χ4v) is 4.34. The smallest absolute Gasteiger partial charge is 0.243 e. The third kappa shape index (κ3) is 3.22. The molecule has 0 radical (unpaired) electrons. The Labute approximate surface area is 122 Å². The highest BCUT2D eigenvalue weighted by molar-refractivity contribution is 7.89. The molecule has 2 rings (SSSR count). The van der Waals surface area contributed by atoms with Gasteiger partial charge < -0.3 is 5.73 Å². The zero-order valence-corrected chi connectivity index (χ0v) is 13.2. The summed E-state index contributed by atoms with van der Waals surface area (Å²) >= 11 is 0. The van der Waals surface area contributed by atoms with Crippen molar-refractivity contribution in [1.29, 1.82) is 0 Å². The molecular weight excluding hydrogens is 272 g/mol. The van der Waals surface area contributed by atoms with Crippen LogP contribution in [0.5, 0.6) is 0 Å². The zero-order chi connectivity index (χ0) is 14.9. The summed E-state index contributed by atoms with van der Waals surface area (Å²) in [5.74, 6) is 0.707. The first kappa shape index (κ1) is 15.5. The fourth-order valence-electron chi connectivity index (χ4n) is 2.72. The van der Waals surface area contributed by atoms with Crippen molar-refractivity contribution in [2.75, 3.05) is 13.1 Å². The van der Waals surface area contributed by atoms with Gasteiger partial charge in [0, 0.05) is 19.1 Å². The molecule has 2 N–H and O–H groups in total. The van der Waals surface area contributed by atoms with Crippen molar-refractivity contribution in [3.05, 3.63) is 29.8 Å². The predicted octanol–water partition coefficient (Wildman–Crippen LogP) is 2.17. The van der Waals surface area contributed by atoms with E-state index in [2.05, 4.69) is 13.8 Å². The van der Waals surface area contributed by atoms with E-state index in [-0.39, 0.29) is 6.04 Å². The first-order valence-electron chi connectivity index (χ1n) is 7.16. The summed E-state index contributed by atoms with van der Waals surface area (Å²) in [4.78, 5) is 0.364. The lowest BCUT2D eigenvalue weighted by Crippen LogP contribution is -2.48. The monoisotopic (exact) mass is 296 g/mol. The predicted molar refractivity (Wildman–Crippen MR) is 81.0 cm³/mol. The van der Waals surface area contributed by atoms with Crippen LogP contribution in [0.2, 0.25) is 0 Å². The second kappa shape index (κ2) is 5.84. The van der Waals surface area contributed by atoms with Gasteiger partial charge >= 0.3 is 0 Å². The molecule has 1 aromatic carbocycles. The van der Waals surface area contributed by atoms with Crippen LogP contribution in [0, 0.1) is 5.92 Å². The molecule has 5 heteroatoms. The lowest BCUT2D eigenvalue weighted by atomic mass is 9.99. The van der Waals surface area contributed by atoms with E-state index in [9.17, 15) is 8.42 Å². The molecule has 1 aliphatic rings. The Kier molecular flexibility index (Phi) is 4.52. The summed E-state index contributed by atoms with van der Waals surface area (Å²) < 4.78 is 26.8. The van der Waals surface area contributed by atoms with E-state index < -0.39 is 10.0 Å². The van der Waals surface area contributed by atoms with Crippen molar-refractivity contribution in [1.82, 2.24) is 4.31 Å². The molecule has 1 fully saturated rings. The number of nitrogens with zero attached hydrogens (tertiary/aromatic N) is 1. The highest BCUT2D eigenvalue weighted by Crippen LogP contribution is 2.24. The van der Waals surface area contributed by atoms with E-state index in [0.717, 1.165) is 12.0 Å². The number of hydrogen-bond donors (Lipinski definition) is 1. The second-order valence-electron chi connectivity index (χ2n) is 6.15. The van der Waals surface area contributed by atoms with Crippen LogP contribution in [0.4, 0.5) is 0 Å². The van der Waals surface area contributed by atoms with Crippen LogP contribution in [0.3, 0.4) is 0 Å². The van der Waals surface area contributed by atoms with Gasteiger partial charge in [-0.15, -0.1) is 0 Å². The van der Waals surface area contributed by atoms with Gasteiger partial charge in [0.15, 0.2) is 0 Å². The molecule has 0 saturated carbocycles. The van der Waals surface area contributed by atoms with Crippen LogP contribution in [0.15, 0.2) is 29.2 Å². The summed E-state index contributed by atoms with van der Waals surface area (Å²) in [6, 6.07) is 7.13. The summed E-state index contributed by atoms with van der Waals surface area (Å²) in [5.41, 5.74) is 7.09. The van der Waals surface area contributed by atoms with Gasteiger partial charge in [-0.05, 0) is 36.0 Å². The van der Waals surface area contributed by atoms with E-state index in [1.807, 2.05) is 19.1 Å². The Morgan fingerprint density at radius 1 is 1.20 bits per heavy atom. The minimum Gasteiger partial charge on any atom is -0.326 e. The van der Waals surface area contributed by atoms with Crippen molar-refractivity contribution in [3.63, 3.8) is 0 Å². The van der Waals surface area contributed by atoms with Crippen LogP contribution >= 0.6 is 0 Å². The third-order valence-corrected chi connectivity index (χ3v) is 5.69. The molecule has 0 spiro atoms. The Hall–Kier alpha value is -0.910. The molecule has 20 heavy (non-hydrogen) atoms. The maximum absolute atomic E-state index is 12.6. The van der Waals surface area contributed by atoms with Gasteiger partial charge in [0.2, 0.25) is 10.0 Å². The van der Waals surface area contributed by atoms with Crippen molar-refractivity contribution in [2.45, 2.75) is 44.0 Å². The summed E-state index contributed by atoms with van der Waals surface area (Å²) in [5, 5.41) is 0. The molecule has 1 aliphatic heterocycles. The summed E-state index contributed by atoms with van der Waals surface area (Å²) in [7, 11) is -3.42. The van der Waals surface area contributed by atoms with Gasteiger partial charge in [0.1, 0.15) is 0 Å². The molecule has 0 amide bonds. The standard InChI is InChI=1S/C15H24N2O2S/c1-11(2)13-4-6-15(7-5-13)20(18,19)17-9-12(3)8-14(16)10-17/h4-7,11-12,14H,8-10,16H2,1-3H3. The van der Waals surface area contributed by atoms with E-state index in [4.69, 9.17) is 5.73 Å². The molecule has 0 aromatic heterocycles. The normalized spacial score (nSPS) is 25.1. The van der Waals surface area contributed by atoms with Crippen molar-refractivity contribution < 1.29 is 8.42 Å². The minimum absolute atomic E-state index is 0.0662. The first-order chi connectivity index (χ1) is 9.30. The van der Waals surface area contributed by atoms with Crippen LogP contribution in [0.1, 0.15) is 38.7 Å². The lowest BCUT2D eigenvalue weighted by Gasteiger charge is -2.33. The zero-order valence-electron chi connectivity index (χ0n) is 12.4. The average Bonchev–Trinajstić information content (AvgIpc) is 2.37. The number of nitrogens with two attached hydrogens (primary N) is 1. The van der Waals surface area contributed by atoms with E-state index in [1.54, 1.807) is 12.1 Å². The SMILES string of the molecule is CC1CC(N)CN(S(=O)(=O)c2ccc(C(C)C)cc2)C1. The maximum atomic E-state index is 12.6. The topological polar surface area (TPSA) is 63.4 Å². The molecular formula is C15H24N2O2S.